The van der Waals surface area contributed by atoms with Gasteiger partial charge in [-0.3, -0.25) is 0 Å². The highest BCUT2D eigenvalue weighted by Crippen LogP contribution is 2.30. The quantitative estimate of drug-likeness (QED) is 0.701. The van der Waals surface area contributed by atoms with Gasteiger partial charge in [0.05, 0.1) is 7.11 Å². The molecule has 1 unspecified atom stereocenters. The Balaban J connectivity index is 2.08. The van der Waals surface area contributed by atoms with Crippen LogP contribution in [0.3, 0.4) is 0 Å². The van der Waals surface area contributed by atoms with Gasteiger partial charge in [0.2, 0.25) is 0 Å². The molecule has 0 aliphatic heterocycles. The van der Waals surface area contributed by atoms with Crippen molar-refractivity contribution in [1.29, 1.82) is 0 Å². The zero-order valence-corrected chi connectivity index (χ0v) is 15.3. The molecule has 1 aromatic carbocycles. The molecule has 2 N–H and O–H groups in total. The summed E-state index contributed by atoms with van der Waals surface area (Å²) < 4.78 is 11.1. The second-order valence-electron chi connectivity index (χ2n) is 5.01. The highest BCUT2D eigenvalue weighted by atomic mass is 35.5. The Hall–Kier alpha value is -1.46. The monoisotopic (exact) mass is 386 g/mol. The van der Waals surface area contributed by atoms with Crippen molar-refractivity contribution in [3.63, 3.8) is 0 Å². The fourth-order valence-corrected chi connectivity index (χ4v) is 2.37. The van der Waals surface area contributed by atoms with Crippen molar-refractivity contribution in [2.24, 2.45) is 5.73 Å². The first-order valence-electron chi connectivity index (χ1n) is 7.17. The second kappa shape index (κ2) is 9.14. The Kier molecular flexibility index (Phi) is 7.18. The normalized spacial score (nSPS) is 11.7. The van der Waals surface area contributed by atoms with Crippen molar-refractivity contribution in [3.8, 4) is 11.5 Å². The predicted molar refractivity (Wildman–Crippen MR) is 98.2 cm³/mol. The van der Waals surface area contributed by atoms with Crippen LogP contribution in [0, 0.1) is 0 Å². The number of benzene rings is 1. The SMILES string of the molecule is COc1cc(CC(N)c2ccc(Cl)nc2)ccc1OCC=C(Cl)Cl. The van der Waals surface area contributed by atoms with Crippen molar-refractivity contribution >= 4 is 34.8 Å². The molecule has 0 radical (unpaired) electrons. The van der Waals surface area contributed by atoms with E-state index in [0.29, 0.717) is 23.1 Å². The molecule has 1 atom stereocenters. The topological polar surface area (TPSA) is 57.4 Å². The number of nitrogens with zero attached hydrogens (tertiary/aromatic N) is 1. The minimum absolute atomic E-state index is 0.160. The Morgan fingerprint density at radius 3 is 2.67 bits per heavy atom. The van der Waals surface area contributed by atoms with Gasteiger partial charge in [-0.05, 0) is 41.8 Å². The third-order valence-electron chi connectivity index (χ3n) is 3.34. The van der Waals surface area contributed by atoms with Gasteiger partial charge in [0.1, 0.15) is 16.3 Å². The van der Waals surface area contributed by atoms with E-state index in [1.54, 1.807) is 25.4 Å². The fourth-order valence-electron chi connectivity index (χ4n) is 2.13. The van der Waals surface area contributed by atoms with Gasteiger partial charge in [0.15, 0.2) is 11.5 Å². The van der Waals surface area contributed by atoms with Crippen molar-refractivity contribution in [3.05, 3.63) is 63.4 Å². The van der Waals surface area contributed by atoms with Crippen molar-refractivity contribution in [2.45, 2.75) is 12.5 Å². The van der Waals surface area contributed by atoms with Crippen molar-refractivity contribution in [2.75, 3.05) is 13.7 Å². The molecule has 4 nitrogen and oxygen atoms in total. The van der Waals surface area contributed by atoms with E-state index < -0.39 is 0 Å². The molecule has 24 heavy (non-hydrogen) atoms. The number of rotatable bonds is 7. The summed E-state index contributed by atoms with van der Waals surface area (Å²) in [6, 6.07) is 9.07. The highest BCUT2D eigenvalue weighted by molar-refractivity contribution is 6.55. The van der Waals surface area contributed by atoms with E-state index >= 15 is 0 Å². The van der Waals surface area contributed by atoms with Crippen LogP contribution in [0.4, 0.5) is 0 Å². The third-order valence-corrected chi connectivity index (χ3v) is 3.87. The maximum Gasteiger partial charge on any atom is 0.161 e. The molecule has 128 valence electrons. The molecule has 0 saturated heterocycles. The van der Waals surface area contributed by atoms with Gasteiger partial charge in [-0.15, -0.1) is 0 Å². The van der Waals surface area contributed by atoms with E-state index in [-0.39, 0.29) is 17.1 Å². The number of halogens is 3. The summed E-state index contributed by atoms with van der Waals surface area (Å²) in [6.45, 7) is 0.258. The van der Waals surface area contributed by atoms with Crippen LogP contribution in [0.1, 0.15) is 17.2 Å². The summed E-state index contributed by atoms with van der Waals surface area (Å²) in [6.07, 6.45) is 3.87. The maximum absolute atomic E-state index is 6.23. The number of aromatic nitrogens is 1. The molecule has 1 aromatic heterocycles. The van der Waals surface area contributed by atoms with Crippen LogP contribution in [0.25, 0.3) is 0 Å². The Bertz CT molecular complexity index is 701. The molecule has 0 spiro atoms. The zero-order chi connectivity index (χ0) is 17.5. The lowest BCUT2D eigenvalue weighted by atomic mass is 10.0. The predicted octanol–water partition coefficient (Wildman–Crippen LogP) is 4.68. The summed E-state index contributed by atoms with van der Waals surface area (Å²) in [5.41, 5.74) is 8.17. The average Bonchev–Trinajstić information content (AvgIpc) is 2.56. The van der Waals surface area contributed by atoms with Gasteiger partial charge in [-0.25, -0.2) is 4.98 Å². The van der Waals surface area contributed by atoms with Gasteiger partial charge in [-0.2, -0.15) is 0 Å². The molecule has 7 heteroatoms. The van der Waals surface area contributed by atoms with E-state index in [0.717, 1.165) is 11.1 Å². The molecule has 0 amide bonds. The van der Waals surface area contributed by atoms with Crippen molar-refractivity contribution in [1.82, 2.24) is 4.98 Å². The number of methoxy groups -OCH3 is 1. The molecule has 1 heterocycles. The van der Waals surface area contributed by atoms with Crippen LogP contribution < -0.4 is 15.2 Å². The number of hydrogen-bond donors (Lipinski definition) is 1. The summed E-state index contributed by atoms with van der Waals surface area (Å²) in [7, 11) is 1.58. The standard InChI is InChI=1S/C17H17Cl3N2O2/c1-23-15-9-11(2-4-14(15)24-7-6-16(18)19)8-13(21)12-3-5-17(20)22-10-12/h2-6,9-10,13H,7-8,21H2,1H3. The van der Waals surface area contributed by atoms with Gasteiger partial charge in [0.25, 0.3) is 0 Å². The lowest BCUT2D eigenvalue weighted by Gasteiger charge is -2.14. The first kappa shape index (κ1) is 18.9. The van der Waals surface area contributed by atoms with E-state index in [4.69, 9.17) is 50.0 Å². The van der Waals surface area contributed by atoms with Gasteiger partial charge < -0.3 is 15.2 Å². The Morgan fingerprint density at radius 1 is 1.25 bits per heavy atom. The summed E-state index contributed by atoms with van der Waals surface area (Å²) >= 11 is 16.9. The first-order chi connectivity index (χ1) is 11.5. The van der Waals surface area contributed by atoms with Gasteiger partial charge in [0, 0.05) is 12.2 Å². The third kappa shape index (κ3) is 5.56. The second-order valence-corrected chi connectivity index (χ2v) is 6.41. The number of ether oxygens (including phenoxy) is 2. The maximum atomic E-state index is 6.23. The van der Waals surface area contributed by atoms with Gasteiger partial charge in [-0.1, -0.05) is 46.9 Å². The molecule has 0 bridgehead atoms. The Morgan fingerprint density at radius 2 is 2.04 bits per heavy atom. The first-order valence-corrected chi connectivity index (χ1v) is 8.31. The summed E-state index contributed by atoms with van der Waals surface area (Å²) in [5, 5.41) is 0.445. The molecule has 0 fully saturated rings. The summed E-state index contributed by atoms with van der Waals surface area (Å²) in [4.78, 5) is 4.05. The summed E-state index contributed by atoms with van der Waals surface area (Å²) in [5.74, 6) is 1.22. The van der Waals surface area contributed by atoms with E-state index in [2.05, 4.69) is 4.98 Å². The largest absolute Gasteiger partial charge is 0.493 e. The van der Waals surface area contributed by atoms with Crippen LogP contribution in [0.5, 0.6) is 11.5 Å². The van der Waals surface area contributed by atoms with E-state index in [1.165, 1.54) is 0 Å². The van der Waals surface area contributed by atoms with Gasteiger partial charge >= 0.3 is 0 Å². The molecule has 2 rings (SSSR count). The lowest BCUT2D eigenvalue weighted by molar-refractivity contribution is 0.326. The number of nitrogens with two attached hydrogens (primary N) is 1. The molecule has 0 aliphatic rings. The highest BCUT2D eigenvalue weighted by Gasteiger charge is 2.11. The molecule has 2 aromatic rings. The number of pyridine rings is 1. The zero-order valence-electron chi connectivity index (χ0n) is 13.0. The van der Waals surface area contributed by atoms with E-state index in [9.17, 15) is 0 Å². The van der Waals surface area contributed by atoms with Crippen LogP contribution in [0.2, 0.25) is 5.15 Å². The van der Waals surface area contributed by atoms with Crippen molar-refractivity contribution < 1.29 is 9.47 Å². The lowest BCUT2D eigenvalue weighted by Crippen LogP contribution is -2.13. The van der Waals surface area contributed by atoms with Crippen LogP contribution in [-0.2, 0) is 6.42 Å². The van der Waals surface area contributed by atoms with E-state index in [1.807, 2.05) is 24.3 Å². The Labute approximate surface area is 156 Å². The smallest absolute Gasteiger partial charge is 0.161 e. The number of hydrogen-bond acceptors (Lipinski definition) is 4. The molecule has 0 aliphatic carbocycles. The van der Waals surface area contributed by atoms with Crippen LogP contribution in [0.15, 0.2) is 47.1 Å². The molecule has 0 saturated carbocycles. The fraction of sp³-hybridized carbons (Fsp3) is 0.235. The average molecular weight is 388 g/mol. The minimum atomic E-state index is -0.191. The van der Waals surface area contributed by atoms with Crippen LogP contribution in [-0.4, -0.2) is 18.7 Å². The minimum Gasteiger partial charge on any atom is -0.493 e. The van der Waals surface area contributed by atoms with Crippen LogP contribution >= 0.6 is 34.8 Å². The molecular formula is C17H17Cl3N2O2. The molecular weight excluding hydrogens is 371 g/mol.